The minimum absolute atomic E-state index is 0.541. The smallest absolute Gasteiger partial charge is 0.0931 e. The molecule has 0 aliphatic carbocycles. The third-order valence-electron chi connectivity index (χ3n) is 3.22. The highest BCUT2D eigenvalue weighted by Crippen LogP contribution is 2.28. The fourth-order valence-electron chi connectivity index (χ4n) is 2.36. The molecule has 0 saturated heterocycles. The summed E-state index contributed by atoms with van der Waals surface area (Å²) in [5, 5.41) is 3.62. The van der Waals surface area contributed by atoms with Crippen molar-refractivity contribution in [3.05, 3.63) is 51.2 Å². The second kappa shape index (κ2) is 4.71. The van der Waals surface area contributed by atoms with Gasteiger partial charge in [-0.15, -0.1) is 11.3 Å². The number of thiophene rings is 1. The zero-order valence-electron chi connectivity index (χ0n) is 9.45. The van der Waals surface area contributed by atoms with Crippen LogP contribution in [-0.4, -0.2) is 6.04 Å². The van der Waals surface area contributed by atoms with Crippen LogP contribution < -0.4 is 5.32 Å². The molecule has 0 fully saturated rings. The summed E-state index contributed by atoms with van der Waals surface area (Å²) in [5.41, 5.74) is 2.74. The summed E-state index contributed by atoms with van der Waals surface area (Å²) >= 11 is 7.65. The van der Waals surface area contributed by atoms with E-state index in [1.54, 1.807) is 11.3 Å². The first-order valence-electron chi connectivity index (χ1n) is 5.90. The fraction of sp³-hybridized carbons (Fsp3) is 0.286. The average molecular weight is 264 g/mol. The Hall–Kier alpha value is -0.990. The van der Waals surface area contributed by atoms with E-state index in [-0.39, 0.29) is 0 Å². The largest absolute Gasteiger partial charge is 0.382 e. The highest BCUT2D eigenvalue weighted by atomic mass is 35.5. The van der Waals surface area contributed by atoms with Crippen molar-refractivity contribution in [2.24, 2.45) is 0 Å². The summed E-state index contributed by atoms with van der Waals surface area (Å²) in [6.07, 6.45) is 3.45. The highest BCUT2D eigenvalue weighted by Gasteiger charge is 2.17. The van der Waals surface area contributed by atoms with Crippen LogP contribution in [0.15, 0.2) is 36.4 Å². The Bertz CT molecular complexity index is 520. The Balaban J connectivity index is 1.72. The van der Waals surface area contributed by atoms with Crippen molar-refractivity contribution in [3.8, 4) is 0 Å². The number of nitrogens with one attached hydrogen (secondary N) is 1. The first-order valence-corrected chi connectivity index (χ1v) is 7.09. The third kappa shape index (κ3) is 2.48. The molecule has 0 bridgehead atoms. The molecule has 1 N–H and O–H groups in total. The normalized spacial score (nSPS) is 18.5. The summed E-state index contributed by atoms with van der Waals surface area (Å²) in [7, 11) is 0. The second-order valence-corrected chi connectivity index (χ2v) is 6.25. The highest BCUT2D eigenvalue weighted by molar-refractivity contribution is 7.16. The van der Waals surface area contributed by atoms with E-state index in [1.165, 1.54) is 29.0 Å². The summed E-state index contributed by atoms with van der Waals surface area (Å²) in [6.45, 7) is 0. The van der Waals surface area contributed by atoms with Crippen LogP contribution in [0.3, 0.4) is 0 Å². The molecule has 1 aliphatic heterocycles. The topological polar surface area (TPSA) is 12.0 Å². The maximum absolute atomic E-state index is 5.96. The quantitative estimate of drug-likeness (QED) is 0.848. The minimum atomic E-state index is 0.541. The Morgan fingerprint density at radius 3 is 2.94 bits per heavy atom. The Labute approximate surface area is 110 Å². The molecule has 2 heterocycles. The number of rotatable bonds is 2. The molecule has 0 amide bonds. The lowest BCUT2D eigenvalue weighted by Crippen LogP contribution is -2.27. The average Bonchev–Trinajstić information content (AvgIpc) is 2.75. The molecule has 1 atom stereocenters. The Morgan fingerprint density at radius 2 is 2.12 bits per heavy atom. The SMILES string of the molecule is Clc1ccc(CC2CCc3ccccc3N2)s1. The molecule has 88 valence electrons. The number of hydrogen-bond acceptors (Lipinski definition) is 2. The molecule has 3 rings (SSSR count). The monoisotopic (exact) mass is 263 g/mol. The van der Waals surface area contributed by atoms with Crippen molar-refractivity contribution >= 4 is 28.6 Å². The lowest BCUT2D eigenvalue weighted by atomic mass is 9.96. The van der Waals surface area contributed by atoms with Gasteiger partial charge in [-0.1, -0.05) is 29.8 Å². The van der Waals surface area contributed by atoms with Crippen molar-refractivity contribution in [1.82, 2.24) is 0 Å². The summed E-state index contributed by atoms with van der Waals surface area (Å²) in [5.74, 6) is 0. The summed E-state index contributed by atoms with van der Waals surface area (Å²) in [4.78, 5) is 1.37. The first kappa shape index (κ1) is 11.1. The number of halogens is 1. The molecular weight excluding hydrogens is 250 g/mol. The molecule has 3 heteroatoms. The molecule has 1 aromatic heterocycles. The van der Waals surface area contributed by atoms with E-state index in [0.29, 0.717) is 6.04 Å². The van der Waals surface area contributed by atoms with Crippen LogP contribution in [0.4, 0.5) is 5.69 Å². The van der Waals surface area contributed by atoms with Crippen molar-refractivity contribution < 1.29 is 0 Å². The Kier molecular flexibility index (Phi) is 3.08. The van der Waals surface area contributed by atoms with Gasteiger partial charge in [0.15, 0.2) is 0 Å². The molecule has 2 aromatic rings. The van der Waals surface area contributed by atoms with Gasteiger partial charge in [0.1, 0.15) is 0 Å². The van der Waals surface area contributed by atoms with Crippen molar-refractivity contribution in [2.45, 2.75) is 25.3 Å². The lowest BCUT2D eigenvalue weighted by molar-refractivity contribution is 0.632. The van der Waals surface area contributed by atoms with Crippen LogP contribution in [0.1, 0.15) is 16.9 Å². The Morgan fingerprint density at radius 1 is 1.24 bits per heavy atom. The molecule has 1 aliphatic rings. The van der Waals surface area contributed by atoms with Crippen LogP contribution in [-0.2, 0) is 12.8 Å². The van der Waals surface area contributed by atoms with E-state index in [0.717, 1.165) is 10.8 Å². The van der Waals surface area contributed by atoms with Crippen LogP contribution in [0.25, 0.3) is 0 Å². The van der Waals surface area contributed by atoms with E-state index in [2.05, 4.69) is 35.6 Å². The van der Waals surface area contributed by atoms with Gasteiger partial charge in [-0.3, -0.25) is 0 Å². The number of para-hydroxylation sites is 1. The van der Waals surface area contributed by atoms with Crippen molar-refractivity contribution in [2.75, 3.05) is 5.32 Å². The number of anilines is 1. The lowest BCUT2D eigenvalue weighted by Gasteiger charge is -2.26. The zero-order chi connectivity index (χ0) is 11.7. The van der Waals surface area contributed by atoms with Gasteiger partial charge in [-0.05, 0) is 36.6 Å². The van der Waals surface area contributed by atoms with Crippen LogP contribution in [0.5, 0.6) is 0 Å². The summed E-state index contributed by atoms with van der Waals surface area (Å²) in [6, 6.07) is 13.2. The minimum Gasteiger partial charge on any atom is -0.382 e. The predicted octanol–water partition coefficient (Wildman–Crippen LogP) is 4.37. The van der Waals surface area contributed by atoms with E-state index in [4.69, 9.17) is 11.6 Å². The van der Waals surface area contributed by atoms with Crippen molar-refractivity contribution in [3.63, 3.8) is 0 Å². The van der Waals surface area contributed by atoms with E-state index in [9.17, 15) is 0 Å². The zero-order valence-corrected chi connectivity index (χ0v) is 11.0. The first-order chi connectivity index (χ1) is 8.31. The molecule has 1 nitrogen and oxygen atoms in total. The standard InChI is InChI=1S/C14H14ClNS/c15-14-8-7-12(17-14)9-11-6-5-10-3-1-2-4-13(10)16-11/h1-4,7-8,11,16H,5-6,9H2. The van der Waals surface area contributed by atoms with Gasteiger partial charge in [0.25, 0.3) is 0 Å². The molecular formula is C14H14ClNS. The van der Waals surface area contributed by atoms with Gasteiger partial charge in [0.2, 0.25) is 0 Å². The third-order valence-corrected chi connectivity index (χ3v) is 4.47. The van der Waals surface area contributed by atoms with Gasteiger partial charge in [0.05, 0.1) is 4.34 Å². The van der Waals surface area contributed by atoms with Crippen LogP contribution in [0, 0.1) is 0 Å². The maximum Gasteiger partial charge on any atom is 0.0931 e. The molecule has 1 aromatic carbocycles. The molecule has 17 heavy (non-hydrogen) atoms. The second-order valence-electron chi connectivity index (χ2n) is 4.45. The molecule has 0 spiro atoms. The fourth-order valence-corrected chi connectivity index (χ4v) is 3.53. The number of benzene rings is 1. The number of hydrogen-bond donors (Lipinski definition) is 1. The van der Waals surface area contributed by atoms with Crippen LogP contribution in [0.2, 0.25) is 4.34 Å². The van der Waals surface area contributed by atoms with Crippen LogP contribution >= 0.6 is 22.9 Å². The van der Waals surface area contributed by atoms with Gasteiger partial charge in [0, 0.05) is 23.0 Å². The van der Waals surface area contributed by atoms with Gasteiger partial charge < -0.3 is 5.32 Å². The molecule has 1 unspecified atom stereocenters. The van der Waals surface area contributed by atoms with E-state index in [1.807, 2.05) is 6.07 Å². The van der Waals surface area contributed by atoms with Gasteiger partial charge in [-0.2, -0.15) is 0 Å². The number of fused-ring (bicyclic) bond motifs is 1. The molecule has 0 radical (unpaired) electrons. The van der Waals surface area contributed by atoms with Crippen molar-refractivity contribution in [1.29, 1.82) is 0 Å². The predicted molar refractivity (Wildman–Crippen MR) is 75.2 cm³/mol. The molecule has 0 saturated carbocycles. The van der Waals surface area contributed by atoms with Gasteiger partial charge >= 0.3 is 0 Å². The van der Waals surface area contributed by atoms with E-state index >= 15 is 0 Å². The number of aryl methyl sites for hydroxylation is 1. The summed E-state index contributed by atoms with van der Waals surface area (Å²) < 4.78 is 0.885. The van der Waals surface area contributed by atoms with Gasteiger partial charge in [-0.25, -0.2) is 0 Å². The van der Waals surface area contributed by atoms with E-state index < -0.39 is 0 Å². The maximum atomic E-state index is 5.96.